The number of carboxylic acid groups (broad SMARTS) is 1. The van der Waals surface area contributed by atoms with Crippen molar-refractivity contribution in [1.82, 2.24) is 14.5 Å². The zero-order valence-electron chi connectivity index (χ0n) is 10.2. The zero-order chi connectivity index (χ0) is 13.4. The standard InChI is InChI=1S/C14H11N3O2/c1-9-12(13(18)19)10-5-2-3-6-11(10)17(9)14-15-7-4-8-16-14/h2-8H,1H3,(H,18,19). The van der Waals surface area contributed by atoms with Crippen molar-refractivity contribution in [3.8, 4) is 5.95 Å². The molecule has 2 heterocycles. The van der Waals surface area contributed by atoms with E-state index in [0.717, 1.165) is 5.52 Å². The minimum atomic E-state index is -0.941. The van der Waals surface area contributed by atoms with Crippen molar-refractivity contribution in [2.24, 2.45) is 0 Å². The summed E-state index contributed by atoms with van der Waals surface area (Å²) in [7, 11) is 0. The van der Waals surface area contributed by atoms with Crippen LogP contribution in [0.4, 0.5) is 0 Å². The molecular formula is C14H11N3O2. The van der Waals surface area contributed by atoms with Crippen molar-refractivity contribution >= 4 is 16.9 Å². The molecule has 1 aromatic carbocycles. The van der Waals surface area contributed by atoms with Crippen molar-refractivity contribution in [2.75, 3.05) is 0 Å². The molecule has 0 bridgehead atoms. The highest BCUT2D eigenvalue weighted by Crippen LogP contribution is 2.27. The van der Waals surface area contributed by atoms with E-state index in [1.807, 2.05) is 18.2 Å². The number of carbonyl (C=O) groups is 1. The Morgan fingerprint density at radius 3 is 2.53 bits per heavy atom. The number of aromatic carboxylic acids is 1. The molecule has 5 heteroatoms. The van der Waals surface area contributed by atoms with Crippen LogP contribution in [0.3, 0.4) is 0 Å². The van der Waals surface area contributed by atoms with E-state index in [2.05, 4.69) is 9.97 Å². The highest BCUT2D eigenvalue weighted by molar-refractivity contribution is 6.05. The molecule has 0 spiro atoms. The van der Waals surface area contributed by atoms with Crippen molar-refractivity contribution in [3.05, 3.63) is 54.0 Å². The van der Waals surface area contributed by atoms with Crippen LogP contribution in [-0.4, -0.2) is 25.6 Å². The minimum Gasteiger partial charge on any atom is -0.478 e. The highest BCUT2D eigenvalue weighted by Gasteiger charge is 2.20. The zero-order valence-corrected chi connectivity index (χ0v) is 10.2. The van der Waals surface area contributed by atoms with E-state index < -0.39 is 5.97 Å². The lowest BCUT2D eigenvalue weighted by atomic mass is 10.1. The Kier molecular flexibility index (Phi) is 2.52. The van der Waals surface area contributed by atoms with Gasteiger partial charge in [-0.2, -0.15) is 0 Å². The number of fused-ring (bicyclic) bond motifs is 1. The van der Waals surface area contributed by atoms with Gasteiger partial charge in [-0.15, -0.1) is 0 Å². The van der Waals surface area contributed by atoms with E-state index in [-0.39, 0.29) is 0 Å². The SMILES string of the molecule is Cc1c(C(=O)O)c2ccccc2n1-c1ncccn1. The van der Waals surface area contributed by atoms with Crippen LogP contribution in [0.5, 0.6) is 0 Å². The smallest absolute Gasteiger partial charge is 0.338 e. The van der Waals surface area contributed by atoms with Crippen LogP contribution in [0.2, 0.25) is 0 Å². The molecule has 2 aromatic heterocycles. The van der Waals surface area contributed by atoms with Crippen molar-refractivity contribution in [3.63, 3.8) is 0 Å². The van der Waals surface area contributed by atoms with Gasteiger partial charge in [0.25, 0.3) is 0 Å². The third kappa shape index (κ3) is 1.67. The normalized spacial score (nSPS) is 10.8. The molecule has 0 radical (unpaired) electrons. The average Bonchev–Trinajstić information content (AvgIpc) is 2.71. The summed E-state index contributed by atoms with van der Waals surface area (Å²) >= 11 is 0. The van der Waals surface area contributed by atoms with Gasteiger partial charge in [0, 0.05) is 23.5 Å². The van der Waals surface area contributed by atoms with Crippen molar-refractivity contribution in [1.29, 1.82) is 0 Å². The predicted octanol–water partition coefficient (Wildman–Crippen LogP) is 2.43. The summed E-state index contributed by atoms with van der Waals surface area (Å²) in [6.45, 7) is 1.76. The quantitative estimate of drug-likeness (QED) is 0.761. The van der Waals surface area contributed by atoms with E-state index >= 15 is 0 Å². The third-order valence-corrected chi connectivity index (χ3v) is 3.08. The van der Waals surface area contributed by atoms with E-state index in [1.54, 1.807) is 36.0 Å². The maximum absolute atomic E-state index is 11.4. The fraction of sp³-hybridized carbons (Fsp3) is 0.0714. The van der Waals surface area contributed by atoms with E-state index in [9.17, 15) is 9.90 Å². The second-order valence-electron chi connectivity index (χ2n) is 4.17. The van der Waals surface area contributed by atoms with Crippen LogP contribution in [-0.2, 0) is 0 Å². The summed E-state index contributed by atoms with van der Waals surface area (Å²) in [6.07, 6.45) is 3.27. The van der Waals surface area contributed by atoms with Gasteiger partial charge in [0.2, 0.25) is 5.95 Å². The Morgan fingerprint density at radius 1 is 1.16 bits per heavy atom. The summed E-state index contributed by atoms with van der Waals surface area (Å²) in [6, 6.07) is 9.08. The predicted molar refractivity (Wildman–Crippen MR) is 70.6 cm³/mol. The van der Waals surface area contributed by atoms with Crippen LogP contribution >= 0.6 is 0 Å². The van der Waals surface area contributed by atoms with Gasteiger partial charge in [0.15, 0.2) is 0 Å². The molecule has 5 nitrogen and oxygen atoms in total. The first-order valence-corrected chi connectivity index (χ1v) is 5.81. The number of carboxylic acids is 1. The molecule has 0 aliphatic carbocycles. The van der Waals surface area contributed by atoms with E-state index in [1.165, 1.54) is 0 Å². The Labute approximate surface area is 109 Å². The Balaban J connectivity index is 2.43. The van der Waals surface area contributed by atoms with Gasteiger partial charge in [-0.1, -0.05) is 18.2 Å². The number of hydrogen-bond donors (Lipinski definition) is 1. The highest BCUT2D eigenvalue weighted by atomic mass is 16.4. The van der Waals surface area contributed by atoms with Crippen LogP contribution < -0.4 is 0 Å². The summed E-state index contributed by atoms with van der Waals surface area (Å²) in [4.78, 5) is 19.8. The van der Waals surface area contributed by atoms with E-state index in [4.69, 9.17) is 0 Å². The molecule has 0 fully saturated rings. The average molecular weight is 253 g/mol. The van der Waals surface area contributed by atoms with Gasteiger partial charge in [0.05, 0.1) is 11.1 Å². The summed E-state index contributed by atoms with van der Waals surface area (Å²) in [5.41, 5.74) is 1.71. The first kappa shape index (κ1) is 11.4. The van der Waals surface area contributed by atoms with Crippen molar-refractivity contribution < 1.29 is 9.90 Å². The molecule has 0 saturated carbocycles. The van der Waals surface area contributed by atoms with Crippen LogP contribution in [0.25, 0.3) is 16.9 Å². The van der Waals surface area contributed by atoms with Gasteiger partial charge in [-0.3, -0.25) is 4.57 Å². The molecule has 0 aliphatic rings. The number of hydrogen-bond acceptors (Lipinski definition) is 3. The molecule has 0 aliphatic heterocycles. The lowest BCUT2D eigenvalue weighted by molar-refractivity contribution is 0.0698. The van der Waals surface area contributed by atoms with Gasteiger partial charge >= 0.3 is 5.97 Å². The van der Waals surface area contributed by atoms with Gasteiger partial charge in [0.1, 0.15) is 0 Å². The number of nitrogens with zero attached hydrogens (tertiary/aromatic N) is 3. The molecule has 19 heavy (non-hydrogen) atoms. The number of rotatable bonds is 2. The molecule has 0 amide bonds. The third-order valence-electron chi connectivity index (χ3n) is 3.08. The monoisotopic (exact) mass is 253 g/mol. The summed E-state index contributed by atoms with van der Waals surface area (Å²) in [5, 5.41) is 10.1. The Morgan fingerprint density at radius 2 is 1.84 bits per heavy atom. The number of para-hydroxylation sites is 1. The Hall–Kier alpha value is -2.69. The summed E-state index contributed by atoms with van der Waals surface area (Å²) in [5.74, 6) is -0.466. The molecule has 0 saturated heterocycles. The Bertz CT molecular complexity index is 763. The van der Waals surface area contributed by atoms with Gasteiger partial charge < -0.3 is 5.11 Å². The number of aromatic nitrogens is 3. The second kappa shape index (κ2) is 4.20. The van der Waals surface area contributed by atoms with Gasteiger partial charge in [-0.05, 0) is 19.1 Å². The summed E-state index contributed by atoms with van der Waals surface area (Å²) < 4.78 is 1.76. The lowest BCUT2D eigenvalue weighted by Crippen LogP contribution is -2.04. The molecule has 1 N–H and O–H groups in total. The minimum absolute atomic E-state index is 0.294. The van der Waals surface area contributed by atoms with Crippen LogP contribution in [0.1, 0.15) is 16.1 Å². The molecule has 3 aromatic rings. The first-order valence-electron chi connectivity index (χ1n) is 5.81. The number of benzene rings is 1. The van der Waals surface area contributed by atoms with Crippen LogP contribution in [0.15, 0.2) is 42.7 Å². The molecular weight excluding hydrogens is 242 g/mol. The maximum atomic E-state index is 11.4. The molecule has 94 valence electrons. The lowest BCUT2D eigenvalue weighted by Gasteiger charge is -2.05. The first-order chi connectivity index (χ1) is 9.20. The fourth-order valence-electron chi connectivity index (χ4n) is 2.30. The molecule has 3 rings (SSSR count). The van der Waals surface area contributed by atoms with Gasteiger partial charge in [-0.25, -0.2) is 14.8 Å². The maximum Gasteiger partial charge on any atom is 0.338 e. The van der Waals surface area contributed by atoms with Crippen molar-refractivity contribution in [2.45, 2.75) is 6.92 Å². The second-order valence-corrected chi connectivity index (χ2v) is 4.17. The molecule has 0 unspecified atom stereocenters. The topological polar surface area (TPSA) is 68.0 Å². The van der Waals surface area contributed by atoms with E-state index in [0.29, 0.717) is 22.6 Å². The van der Waals surface area contributed by atoms with Crippen LogP contribution in [0, 0.1) is 6.92 Å². The fourth-order valence-corrected chi connectivity index (χ4v) is 2.30. The molecule has 0 atom stereocenters. The largest absolute Gasteiger partial charge is 0.478 e.